The van der Waals surface area contributed by atoms with Crippen molar-refractivity contribution in [1.82, 2.24) is 4.72 Å². The van der Waals surface area contributed by atoms with Gasteiger partial charge in [0.2, 0.25) is 10.0 Å². The topological polar surface area (TPSA) is 92.6 Å². The summed E-state index contributed by atoms with van der Waals surface area (Å²) in [5.74, 6) is 0. The highest BCUT2D eigenvalue weighted by Gasteiger charge is 2.27. The van der Waals surface area contributed by atoms with Crippen LogP contribution >= 0.6 is 0 Å². The summed E-state index contributed by atoms with van der Waals surface area (Å²) in [5.41, 5.74) is 0.322. The summed E-state index contributed by atoms with van der Waals surface area (Å²) in [6.07, 6.45) is 3.07. The van der Waals surface area contributed by atoms with Crippen LogP contribution < -0.4 is 9.62 Å². The van der Waals surface area contributed by atoms with E-state index in [9.17, 15) is 18.5 Å². The van der Waals surface area contributed by atoms with Crippen LogP contribution in [0.1, 0.15) is 26.2 Å². The molecular formula is C13H19N3O4S. The molecule has 1 fully saturated rings. The van der Waals surface area contributed by atoms with Crippen molar-refractivity contribution in [3.8, 4) is 0 Å². The minimum Gasteiger partial charge on any atom is -0.363 e. The Morgan fingerprint density at radius 2 is 2.10 bits per heavy atom. The van der Waals surface area contributed by atoms with E-state index in [-0.39, 0.29) is 16.6 Å². The molecule has 0 aliphatic carbocycles. The minimum atomic E-state index is -3.69. The van der Waals surface area contributed by atoms with Gasteiger partial charge in [0.25, 0.3) is 5.69 Å². The van der Waals surface area contributed by atoms with Crippen molar-refractivity contribution < 1.29 is 13.3 Å². The number of nitro groups is 1. The lowest BCUT2D eigenvalue weighted by molar-refractivity contribution is -0.384. The fourth-order valence-corrected chi connectivity index (χ4v) is 3.38. The monoisotopic (exact) mass is 313 g/mol. The summed E-state index contributed by atoms with van der Waals surface area (Å²) in [5, 5.41) is 11.3. The summed E-state index contributed by atoms with van der Waals surface area (Å²) in [4.78, 5) is 12.7. The van der Waals surface area contributed by atoms with Crippen molar-refractivity contribution >= 4 is 21.4 Å². The third-order valence-electron chi connectivity index (χ3n) is 3.84. The van der Waals surface area contributed by atoms with Crippen molar-refractivity contribution in [3.63, 3.8) is 0 Å². The lowest BCUT2D eigenvalue weighted by Crippen LogP contribution is -2.37. The second kappa shape index (κ2) is 5.98. The molecule has 1 aromatic rings. The smallest absolute Gasteiger partial charge is 0.293 e. The number of nitrogens with zero attached hydrogens (tertiary/aromatic N) is 2. The number of hydrogen-bond acceptors (Lipinski definition) is 5. The van der Waals surface area contributed by atoms with Gasteiger partial charge in [-0.05, 0) is 45.4 Å². The molecule has 1 aliphatic heterocycles. The fourth-order valence-electron chi connectivity index (χ4n) is 2.63. The zero-order valence-electron chi connectivity index (χ0n) is 12.1. The Balaban J connectivity index is 2.50. The maximum absolute atomic E-state index is 11.8. The number of nitro benzene ring substituents is 1. The van der Waals surface area contributed by atoms with Crippen LogP contribution in [0.15, 0.2) is 23.1 Å². The molecule has 1 saturated heterocycles. The van der Waals surface area contributed by atoms with E-state index in [2.05, 4.69) is 4.72 Å². The number of rotatable bonds is 4. The zero-order chi connectivity index (χ0) is 15.6. The maximum atomic E-state index is 11.8. The Hall–Kier alpha value is -1.67. The van der Waals surface area contributed by atoms with Crippen LogP contribution in [0.4, 0.5) is 11.4 Å². The molecule has 1 unspecified atom stereocenters. The van der Waals surface area contributed by atoms with Crippen molar-refractivity contribution in [1.29, 1.82) is 0 Å². The number of nitrogens with one attached hydrogen (secondary N) is 1. The zero-order valence-corrected chi connectivity index (χ0v) is 12.9. The van der Waals surface area contributed by atoms with Crippen LogP contribution in [0.25, 0.3) is 0 Å². The molecule has 0 aromatic heterocycles. The highest BCUT2D eigenvalue weighted by Crippen LogP contribution is 2.34. The Kier molecular flexibility index (Phi) is 4.48. The standard InChI is InChI=1S/C13H19N3O4S/c1-10-5-3-4-8-15(10)12-7-6-11(21(19,20)14-2)9-13(12)16(17)18/h6-7,9-10,14H,3-5,8H2,1-2H3. The molecule has 0 bridgehead atoms. The van der Waals surface area contributed by atoms with Crippen LogP contribution in [0.3, 0.4) is 0 Å². The Morgan fingerprint density at radius 1 is 1.38 bits per heavy atom. The fraction of sp³-hybridized carbons (Fsp3) is 0.538. The molecule has 0 radical (unpaired) electrons. The summed E-state index contributed by atoms with van der Waals surface area (Å²) in [7, 11) is -2.41. The first-order valence-electron chi connectivity index (χ1n) is 6.85. The number of sulfonamides is 1. The van der Waals surface area contributed by atoms with E-state index in [0.29, 0.717) is 5.69 Å². The largest absolute Gasteiger partial charge is 0.363 e. The van der Waals surface area contributed by atoms with E-state index < -0.39 is 14.9 Å². The molecule has 1 aliphatic rings. The number of piperidine rings is 1. The summed E-state index contributed by atoms with van der Waals surface area (Å²) < 4.78 is 25.7. The van der Waals surface area contributed by atoms with Gasteiger partial charge in [-0.25, -0.2) is 13.1 Å². The van der Waals surface area contributed by atoms with E-state index in [1.807, 2.05) is 11.8 Å². The predicted octanol–water partition coefficient (Wildman–Crippen LogP) is 1.88. The Labute approximate surface area is 124 Å². The van der Waals surface area contributed by atoms with Crippen LogP contribution in [0, 0.1) is 10.1 Å². The molecule has 116 valence electrons. The van der Waals surface area contributed by atoms with E-state index in [0.717, 1.165) is 31.9 Å². The molecule has 7 nitrogen and oxygen atoms in total. The first kappa shape index (κ1) is 15.7. The van der Waals surface area contributed by atoms with Crippen molar-refractivity contribution in [3.05, 3.63) is 28.3 Å². The highest BCUT2D eigenvalue weighted by molar-refractivity contribution is 7.89. The van der Waals surface area contributed by atoms with Crippen molar-refractivity contribution in [2.75, 3.05) is 18.5 Å². The van der Waals surface area contributed by atoms with Gasteiger partial charge in [0.15, 0.2) is 0 Å². The molecule has 1 aromatic carbocycles. The number of anilines is 1. The van der Waals surface area contributed by atoms with Gasteiger partial charge in [0, 0.05) is 18.7 Å². The third kappa shape index (κ3) is 3.16. The Morgan fingerprint density at radius 3 is 2.67 bits per heavy atom. The van der Waals surface area contributed by atoms with Gasteiger partial charge in [-0.3, -0.25) is 10.1 Å². The number of hydrogen-bond donors (Lipinski definition) is 1. The van der Waals surface area contributed by atoms with Gasteiger partial charge in [0.1, 0.15) is 5.69 Å². The Bertz CT molecular complexity index is 645. The van der Waals surface area contributed by atoms with Crippen LogP contribution in [-0.4, -0.2) is 33.0 Å². The van der Waals surface area contributed by atoms with E-state index >= 15 is 0 Å². The van der Waals surface area contributed by atoms with Gasteiger partial charge in [-0.1, -0.05) is 0 Å². The van der Waals surface area contributed by atoms with Gasteiger partial charge in [0.05, 0.1) is 9.82 Å². The number of benzene rings is 1. The second-order valence-corrected chi connectivity index (χ2v) is 7.04. The third-order valence-corrected chi connectivity index (χ3v) is 5.25. The van der Waals surface area contributed by atoms with Crippen molar-refractivity contribution in [2.45, 2.75) is 37.1 Å². The first-order chi connectivity index (χ1) is 9.86. The summed E-state index contributed by atoms with van der Waals surface area (Å²) in [6.45, 7) is 2.78. The molecule has 0 amide bonds. The summed E-state index contributed by atoms with van der Waals surface area (Å²) in [6, 6.07) is 4.28. The molecule has 2 rings (SSSR count). The first-order valence-corrected chi connectivity index (χ1v) is 8.34. The molecule has 0 spiro atoms. The SMILES string of the molecule is CNS(=O)(=O)c1ccc(N2CCCCC2C)c([N+](=O)[O-])c1. The van der Waals surface area contributed by atoms with E-state index in [1.54, 1.807) is 0 Å². The lowest BCUT2D eigenvalue weighted by Gasteiger charge is -2.35. The maximum Gasteiger partial charge on any atom is 0.293 e. The molecular weight excluding hydrogens is 294 g/mol. The van der Waals surface area contributed by atoms with E-state index in [4.69, 9.17) is 0 Å². The van der Waals surface area contributed by atoms with Gasteiger partial charge < -0.3 is 4.90 Å². The quantitative estimate of drug-likeness (QED) is 0.677. The molecule has 8 heteroatoms. The average molecular weight is 313 g/mol. The molecule has 1 heterocycles. The lowest BCUT2D eigenvalue weighted by atomic mass is 10.0. The van der Waals surface area contributed by atoms with Crippen LogP contribution in [-0.2, 0) is 10.0 Å². The highest BCUT2D eigenvalue weighted by atomic mass is 32.2. The predicted molar refractivity (Wildman–Crippen MR) is 80.0 cm³/mol. The van der Waals surface area contributed by atoms with E-state index in [1.165, 1.54) is 19.2 Å². The van der Waals surface area contributed by atoms with Gasteiger partial charge in [-0.15, -0.1) is 0 Å². The average Bonchev–Trinajstić information content (AvgIpc) is 2.47. The van der Waals surface area contributed by atoms with Crippen molar-refractivity contribution in [2.24, 2.45) is 0 Å². The summed E-state index contributed by atoms with van der Waals surface area (Å²) >= 11 is 0. The normalized spacial score (nSPS) is 19.5. The van der Waals surface area contributed by atoms with Crippen LogP contribution in [0.5, 0.6) is 0 Å². The van der Waals surface area contributed by atoms with Gasteiger partial charge in [-0.2, -0.15) is 0 Å². The minimum absolute atomic E-state index is 0.0925. The van der Waals surface area contributed by atoms with Crippen LogP contribution in [0.2, 0.25) is 0 Å². The molecule has 1 N–H and O–H groups in total. The second-order valence-electron chi connectivity index (χ2n) is 5.15. The van der Waals surface area contributed by atoms with Gasteiger partial charge >= 0.3 is 0 Å². The molecule has 21 heavy (non-hydrogen) atoms. The molecule has 0 saturated carbocycles. The molecule has 1 atom stereocenters.